The molecule has 4 nitrogen and oxygen atoms in total. The number of carbonyl (C=O) groups is 1. The van der Waals surface area contributed by atoms with Crippen molar-refractivity contribution in [3.8, 4) is 11.5 Å². The Morgan fingerprint density at radius 3 is 2.50 bits per heavy atom. The van der Waals surface area contributed by atoms with Crippen LogP contribution in [-0.4, -0.2) is 21.3 Å². The monoisotopic (exact) mass is 332 g/mol. The Kier molecular flexibility index (Phi) is 8.10. The average Bonchev–Trinajstić information content (AvgIpc) is 2.45. The van der Waals surface area contributed by atoms with E-state index in [0.29, 0.717) is 5.56 Å². The van der Waals surface area contributed by atoms with Crippen molar-refractivity contribution in [1.82, 2.24) is 0 Å². The molecule has 0 saturated carbocycles. The van der Waals surface area contributed by atoms with Crippen molar-refractivity contribution in [3.63, 3.8) is 0 Å². The fourth-order valence-corrected chi connectivity index (χ4v) is 2.56. The lowest BCUT2D eigenvalue weighted by Gasteiger charge is -2.07. The van der Waals surface area contributed by atoms with E-state index in [1.165, 1.54) is 24.5 Å². The quantitative estimate of drug-likeness (QED) is 0.398. The number of carboxylic acids is 1. The lowest BCUT2D eigenvalue weighted by molar-refractivity contribution is 0.0693. The molecular weight excluding hydrogens is 304 g/mol. The molecular formula is C20H28O4. The van der Waals surface area contributed by atoms with Crippen molar-refractivity contribution < 1.29 is 20.1 Å². The van der Waals surface area contributed by atoms with Gasteiger partial charge in [-0.15, -0.1) is 0 Å². The molecule has 1 aromatic carbocycles. The molecule has 0 saturated heterocycles. The standard InChI is InChI=1S/C20H28O4/c1-14(2)8-7-10-15(3)9-5-4-6-11-16-12-17(21)13-18(22)19(16)20(23)24/h6,11-14,21-22H,3-5,7-10H2,1-2H3,(H,23,24)/b11-6+. The van der Waals surface area contributed by atoms with Crippen LogP contribution in [0.3, 0.4) is 0 Å². The number of hydrogen-bond donors (Lipinski definition) is 3. The number of aromatic carboxylic acids is 1. The van der Waals surface area contributed by atoms with E-state index in [9.17, 15) is 15.0 Å². The second-order valence-corrected chi connectivity index (χ2v) is 6.56. The highest BCUT2D eigenvalue weighted by molar-refractivity contribution is 5.95. The molecule has 0 unspecified atom stereocenters. The van der Waals surface area contributed by atoms with Gasteiger partial charge in [-0.2, -0.15) is 0 Å². The zero-order valence-electron chi connectivity index (χ0n) is 14.6. The van der Waals surface area contributed by atoms with E-state index in [1.54, 1.807) is 6.08 Å². The fraction of sp³-hybridized carbons (Fsp3) is 0.450. The van der Waals surface area contributed by atoms with Crippen LogP contribution in [0.1, 0.15) is 68.3 Å². The van der Waals surface area contributed by atoms with E-state index >= 15 is 0 Å². The summed E-state index contributed by atoms with van der Waals surface area (Å²) < 4.78 is 0. The van der Waals surface area contributed by atoms with Gasteiger partial charge in [0.05, 0.1) is 0 Å². The fourth-order valence-electron chi connectivity index (χ4n) is 2.56. The van der Waals surface area contributed by atoms with E-state index < -0.39 is 11.7 Å². The Bertz CT molecular complexity index is 600. The summed E-state index contributed by atoms with van der Waals surface area (Å²) in [4.78, 5) is 11.2. The Morgan fingerprint density at radius 1 is 1.21 bits per heavy atom. The number of unbranched alkanes of at least 4 members (excludes halogenated alkanes) is 1. The molecule has 0 aromatic heterocycles. The van der Waals surface area contributed by atoms with Crippen LogP contribution in [0.5, 0.6) is 11.5 Å². The maximum absolute atomic E-state index is 11.2. The minimum absolute atomic E-state index is 0.157. The zero-order valence-corrected chi connectivity index (χ0v) is 14.6. The first-order chi connectivity index (χ1) is 11.3. The molecule has 0 radical (unpaired) electrons. The van der Waals surface area contributed by atoms with Gasteiger partial charge in [-0.05, 0) is 49.7 Å². The number of allylic oxidation sites excluding steroid dienone is 2. The summed E-state index contributed by atoms with van der Waals surface area (Å²) in [7, 11) is 0. The number of carboxylic acid groups (broad SMARTS) is 1. The maximum Gasteiger partial charge on any atom is 0.340 e. The van der Waals surface area contributed by atoms with Crippen LogP contribution in [0.15, 0.2) is 30.4 Å². The van der Waals surface area contributed by atoms with Gasteiger partial charge in [-0.25, -0.2) is 4.79 Å². The number of phenols is 2. The van der Waals surface area contributed by atoms with Crippen LogP contribution in [0, 0.1) is 5.92 Å². The van der Waals surface area contributed by atoms with Crippen molar-refractivity contribution in [2.45, 2.75) is 52.4 Å². The predicted molar refractivity (Wildman–Crippen MR) is 97.4 cm³/mol. The molecule has 0 atom stereocenters. The van der Waals surface area contributed by atoms with Crippen molar-refractivity contribution in [1.29, 1.82) is 0 Å². The van der Waals surface area contributed by atoms with E-state index in [2.05, 4.69) is 20.4 Å². The molecule has 132 valence electrons. The lowest BCUT2D eigenvalue weighted by Crippen LogP contribution is -2.00. The first kappa shape index (κ1) is 19.8. The molecule has 0 spiro atoms. The second kappa shape index (κ2) is 9.81. The molecule has 0 bridgehead atoms. The van der Waals surface area contributed by atoms with Gasteiger partial charge in [0, 0.05) is 6.07 Å². The van der Waals surface area contributed by atoms with E-state index in [-0.39, 0.29) is 11.3 Å². The summed E-state index contributed by atoms with van der Waals surface area (Å²) in [6, 6.07) is 2.37. The van der Waals surface area contributed by atoms with E-state index in [4.69, 9.17) is 5.11 Å². The zero-order chi connectivity index (χ0) is 18.1. The summed E-state index contributed by atoms with van der Waals surface area (Å²) in [5, 5.41) is 28.3. The van der Waals surface area contributed by atoms with Gasteiger partial charge >= 0.3 is 5.97 Å². The molecule has 0 aliphatic heterocycles. The van der Waals surface area contributed by atoms with Crippen LogP contribution < -0.4 is 0 Å². The molecule has 1 rings (SSSR count). The number of phenolic OH excluding ortho intramolecular Hbond substituents is 1. The van der Waals surface area contributed by atoms with E-state index in [0.717, 1.165) is 37.7 Å². The summed E-state index contributed by atoms with van der Waals surface area (Å²) >= 11 is 0. The minimum Gasteiger partial charge on any atom is -0.508 e. The molecule has 0 aliphatic carbocycles. The van der Waals surface area contributed by atoms with Gasteiger partial charge in [0.1, 0.15) is 17.1 Å². The Morgan fingerprint density at radius 2 is 1.88 bits per heavy atom. The smallest absolute Gasteiger partial charge is 0.340 e. The van der Waals surface area contributed by atoms with Crippen LogP contribution in [0.4, 0.5) is 0 Å². The molecule has 0 aliphatic rings. The van der Waals surface area contributed by atoms with Gasteiger partial charge in [0.15, 0.2) is 0 Å². The minimum atomic E-state index is -1.22. The summed E-state index contributed by atoms with van der Waals surface area (Å²) in [6.45, 7) is 8.54. The predicted octanol–water partition coefficient (Wildman–Crippen LogP) is 5.36. The normalized spacial score (nSPS) is 11.3. The first-order valence-corrected chi connectivity index (χ1v) is 8.43. The van der Waals surface area contributed by atoms with Crippen LogP contribution in [0.2, 0.25) is 0 Å². The SMILES string of the molecule is C=C(CCC/C=C/c1cc(O)cc(O)c1C(=O)O)CCCC(C)C. The van der Waals surface area contributed by atoms with Crippen molar-refractivity contribution in [3.05, 3.63) is 41.5 Å². The molecule has 3 N–H and O–H groups in total. The summed E-state index contributed by atoms with van der Waals surface area (Å²) in [5.74, 6) is -1.08. The number of aromatic hydroxyl groups is 2. The average molecular weight is 332 g/mol. The van der Waals surface area contributed by atoms with E-state index in [1.807, 2.05) is 6.08 Å². The highest BCUT2D eigenvalue weighted by atomic mass is 16.4. The van der Waals surface area contributed by atoms with Gasteiger partial charge in [0.25, 0.3) is 0 Å². The lowest BCUT2D eigenvalue weighted by atomic mass is 10.00. The Hall–Kier alpha value is -2.23. The van der Waals surface area contributed by atoms with Gasteiger partial charge in [-0.1, -0.05) is 44.6 Å². The number of hydrogen-bond acceptors (Lipinski definition) is 3. The largest absolute Gasteiger partial charge is 0.508 e. The topological polar surface area (TPSA) is 77.8 Å². The molecule has 1 aromatic rings. The van der Waals surface area contributed by atoms with Crippen LogP contribution in [-0.2, 0) is 0 Å². The van der Waals surface area contributed by atoms with Gasteiger partial charge in [-0.3, -0.25) is 0 Å². The van der Waals surface area contributed by atoms with Crippen LogP contribution in [0.25, 0.3) is 6.08 Å². The molecule has 4 heteroatoms. The highest BCUT2D eigenvalue weighted by Crippen LogP contribution is 2.28. The van der Waals surface area contributed by atoms with Crippen molar-refractivity contribution in [2.24, 2.45) is 5.92 Å². The maximum atomic E-state index is 11.2. The third-order valence-corrected chi connectivity index (χ3v) is 3.86. The van der Waals surface area contributed by atoms with Crippen LogP contribution >= 0.6 is 0 Å². The summed E-state index contributed by atoms with van der Waals surface area (Å²) in [6.07, 6.45) is 9.65. The third-order valence-electron chi connectivity index (χ3n) is 3.86. The number of rotatable bonds is 10. The second-order valence-electron chi connectivity index (χ2n) is 6.56. The summed E-state index contributed by atoms with van der Waals surface area (Å²) in [5.41, 5.74) is 1.36. The molecule has 0 fully saturated rings. The molecule has 24 heavy (non-hydrogen) atoms. The highest BCUT2D eigenvalue weighted by Gasteiger charge is 2.15. The third kappa shape index (κ3) is 6.90. The van der Waals surface area contributed by atoms with Gasteiger partial charge < -0.3 is 15.3 Å². The van der Waals surface area contributed by atoms with Crippen molar-refractivity contribution in [2.75, 3.05) is 0 Å². The van der Waals surface area contributed by atoms with Gasteiger partial charge in [0.2, 0.25) is 0 Å². The first-order valence-electron chi connectivity index (χ1n) is 8.43. The molecule has 0 heterocycles. The Balaban J connectivity index is 2.48. The van der Waals surface area contributed by atoms with Crippen molar-refractivity contribution >= 4 is 12.0 Å². The Labute approximate surface area is 144 Å². The number of benzene rings is 1. The molecule has 0 amide bonds.